The van der Waals surface area contributed by atoms with Crippen molar-refractivity contribution in [3.8, 4) is 0 Å². The number of carbonyl (C=O) groups excluding carboxylic acids is 2. The van der Waals surface area contributed by atoms with E-state index in [2.05, 4.69) is 4.74 Å². The van der Waals surface area contributed by atoms with Crippen molar-refractivity contribution in [2.45, 2.75) is 19.5 Å². The smallest absolute Gasteiger partial charge is 0.348 e. The molecule has 0 N–H and O–H groups in total. The van der Waals surface area contributed by atoms with Gasteiger partial charge in [0.1, 0.15) is 0 Å². The normalized spacial score (nSPS) is 11.9. The molecule has 1 unspecified atom stereocenters. The summed E-state index contributed by atoms with van der Waals surface area (Å²) >= 11 is 0. The van der Waals surface area contributed by atoms with Crippen LogP contribution in [0.5, 0.6) is 0 Å². The Labute approximate surface area is 93.2 Å². The number of benzene rings is 1. The lowest BCUT2D eigenvalue weighted by Crippen LogP contribution is -2.29. The fraction of sp³-hybridized carbons (Fsp3) is 0.333. The summed E-state index contributed by atoms with van der Waals surface area (Å²) in [6.07, 6.45) is -2.28. The summed E-state index contributed by atoms with van der Waals surface area (Å²) in [6.45, 7) is 1.63. The van der Waals surface area contributed by atoms with Crippen LogP contribution in [0.25, 0.3) is 0 Å². The van der Waals surface area contributed by atoms with E-state index in [0.29, 0.717) is 5.56 Å². The van der Waals surface area contributed by atoms with Gasteiger partial charge in [0.25, 0.3) is 6.17 Å². The summed E-state index contributed by atoms with van der Waals surface area (Å²) in [5.41, 5.74) is 0.680. The number of carbonyl (C=O) groups is 2. The maximum absolute atomic E-state index is 13.2. The van der Waals surface area contributed by atoms with Crippen molar-refractivity contribution in [2.24, 2.45) is 0 Å². The summed E-state index contributed by atoms with van der Waals surface area (Å²) in [5.74, 6) is -1.88. The molecule has 16 heavy (non-hydrogen) atoms. The number of rotatable bonds is 5. The van der Waals surface area contributed by atoms with Crippen LogP contribution in [0.1, 0.15) is 12.5 Å². The molecule has 0 aromatic heterocycles. The molecule has 4 heteroatoms. The lowest BCUT2D eigenvalue weighted by Gasteiger charge is -2.06. The van der Waals surface area contributed by atoms with E-state index in [1.54, 1.807) is 37.3 Å². The van der Waals surface area contributed by atoms with Gasteiger partial charge in [0.2, 0.25) is 0 Å². The van der Waals surface area contributed by atoms with Crippen LogP contribution < -0.4 is 0 Å². The first-order valence-corrected chi connectivity index (χ1v) is 5.02. The first-order valence-electron chi connectivity index (χ1n) is 5.02. The van der Waals surface area contributed by atoms with Crippen molar-refractivity contribution in [3.05, 3.63) is 35.9 Å². The highest BCUT2D eigenvalue weighted by Gasteiger charge is 2.26. The summed E-state index contributed by atoms with van der Waals surface area (Å²) < 4.78 is 17.7. The predicted molar refractivity (Wildman–Crippen MR) is 56.7 cm³/mol. The van der Waals surface area contributed by atoms with E-state index in [1.165, 1.54) is 0 Å². The molecule has 0 fully saturated rings. The lowest BCUT2D eigenvalue weighted by molar-refractivity contribution is -0.152. The van der Waals surface area contributed by atoms with Gasteiger partial charge < -0.3 is 4.74 Å². The molecule has 0 bridgehead atoms. The Hall–Kier alpha value is -1.71. The molecule has 0 aliphatic heterocycles. The maximum atomic E-state index is 13.2. The number of hydrogen-bond donors (Lipinski definition) is 0. The van der Waals surface area contributed by atoms with E-state index >= 15 is 0 Å². The van der Waals surface area contributed by atoms with E-state index in [0.717, 1.165) is 0 Å². The van der Waals surface area contributed by atoms with Crippen LogP contribution in [-0.2, 0) is 20.7 Å². The van der Waals surface area contributed by atoms with Gasteiger partial charge in [-0.25, -0.2) is 9.18 Å². The van der Waals surface area contributed by atoms with Crippen LogP contribution in [0.15, 0.2) is 30.3 Å². The average Bonchev–Trinajstić information content (AvgIpc) is 2.29. The number of hydrogen-bond acceptors (Lipinski definition) is 3. The van der Waals surface area contributed by atoms with Crippen LogP contribution in [0.4, 0.5) is 4.39 Å². The highest BCUT2D eigenvalue weighted by molar-refractivity contribution is 6.02. The van der Waals surface area contributed by atoms with E-state index in [9.17, 15) is 14.0 Å². The summed E-state index contributed by atoms with van der Waals surface area (Å²) in [6, 6.07) is 8.71. The third-order valence-electron chi connectivity index (χ3n) is 2.00. The molecule has 1 atom stereocenters. The van der Waals surface area contributed by atoms with Crippen LogP contribution in [-0.4, -0.2) is 24.5 Å². The summed E-state index contributed by atoms with van der Waals surface area (Å²) in [4.78, 5) is 22.3. The largest absolute Gasteiger partial charge is 0.463 e. The first-order chi connectivity index (χ1) is 7.65. The number of esters is 1. The maximum Gasteiger partial charge on any atom is 0.348 e. The van der Waals surface area contributed by atoms with Crippen molar-refractivity contribution in [1.82, 2.24) is 0 Å². The average molecular weight is 224 g/mol. The molecule has 0 amide bonds. The monoisotopic (exact) mass is 224 g/mol. The quantitative estimate of drug-likeness (QED) is 0.564. The Balaban J connectivity index is 2.56. The van der Waals surface area contributed by atoms with Crippen LogP contribution in [0, 0.1) is 0 Å². The SMILES string of the molecule is CCOC(=O)C(F)C(=O)Cc1ccccc1. The van der Waals surface area contributed by atoms with Gasteiger partial charge in [-0.15, -0.1) is 0 Å². The fourth-order valence-electron chi connectivity index (χ4n) is 1.23. The molecule has 0 radical (unpaired) electrons. The zero-order chi connectivity index (χ0) is 12.0. The van der Waals surface area contributed by atoms with Gasteiger partial charge in [-0.05, 0) is 12.5 Å². The highest BCUT2D eigenvalue weighted by atomic mass is 19.1. The zero-order valence-electron chi connectivity index (χ0n) is 8.98. The Kier molecular flexibility index (Phi) is 4.64. The van der Waals surface area contributed by atoms with Gasteiger partial charge in [0.05, 0.1) is 6.61 Å². The standard InChI is InChI=1S/C12H13FO3/c1-2-16-12(15)11(13)10(14)8-9-6-4-3-5-7-9/h3-7,11H,2,8H2,1H3. The molecule has 1 aromatic rings. The lowest BCUT2D eigenvalue weighted by atomic mass is 10.1. The minimum Gasteiger partial charge on any atom is -0.463 e. The van der Waals surface area contributed by atoms with Gasteiger partial charge in [0, 0.05) is 6.42 Å². The molecule has 1 aromatic carbocycles. The Morgan fingerprint density at radius 2 is 1.94 bits per heavy atom. The van der Waals surface area contributed by atoms with E-state index in [-0.39, 0.29) is 13.0 Å². The minimum atomic E-state index is -2.18. The molecule has 0 saturated carbocycles. The molecule has 0 aliphatic carbocycles. The topological polar surface area (TPSA) is 43.4 Å². The zero-order valence-corrected chi connectivity index (χ0v) is 8.98. The molecule has 0 spiro atoms. The molecule has 1 rings (SSSR count). The molecule has 0 saturated heterocycles. The molecular formula is C12H13FO3. The van der Waals surface area contributed by atoms with Crippen LogP contribution >= 0.6 is 0 Å². The van der Waals surface area contributed by atoms with Gasteiger partial charge in [-0.2, -0.15) is 0 Å². The highest BCUT2D eigenvalue weighted by Crippen LogP contribution is 2.05. The second kappa shape index (κ2) is 6.00. The number of ketones is 1. The Morgan fingerprint density at radius 1 is 1.31 bits per heavy atom. The second-order valence-corrected chi connectivity index (χ2v) is 3.24. The molecular weight excluding hydrogens is 211 g/mol. The van der Waals surface area contributed by atoms with Gasteiger partial charge >= 0.3 is 5.97 Å². The minimum absolute atomic E-state index is 0.0673. The molecule has 3 nitrogen and oxygen atoms in total. The van der Waals surface area contributed by atoms with E-state index < -0.39 is 17.9 Å². The van der Waals surface area contributed by atoms with E-state index in [1.807, 2.05) is 0 Å². The van der Waals surface area contributed by atoms with Gasteiger partial charge in [-0.1, -0.05) is 30.3 Å². The second-order valence-electron chi connectivity index (χ2n) is 3.24. The third kappa shape index (κ3) is 3.46. The summed E-state index contributed by atoms with van der Waals surface area (Å²) in [7, 11) is 0. The molecule has 0 aliphatic rings. The number of halogens is 1. The summed E-state index contributed by atoms with van der Waals surface area (Å²) in [5, 5.41) is 0. The fourth-order valence-corrected chi connectivity index (χ4v) is 1.23. The van der Waals surface area contributed by atoms with E-state index in [4.69, 9.17) is 0 Å². The first kappa shape index (κ1) is 12.4. The van der Waals surface area contributed by atoms with Gasteiger partial charge in [0.15, 0.2) is 5.78 Å². The van der Waals surface area contributed by atoms with Crippen molar-refractivity contribution in [2.75, 3.05) is 6.61 Å². The van der Waals surface area contributed by atoms with Crippen molar-refractivity contribution >= 4 is 11.8 Å². The Bertz CT molecular complexity index is 362. The van der Waals surface area contributed by atoms with Crippen molar-refractivity contribution in [3.63, 3.8) is 0 Å². The van der Waals surface area contributed by atoms with Crippen LogP contribution in [0.2, 0.25) is 0 Å². The number of ether oxygens (including phenoxy) is 1. The van der Waals surface area contributed by atoms with Gasteiger partial charge in [-0.3, -0.25) is 4.79 Å². The number of Topliss-reactive ketones (excluding diaryl/α,β-unsaturated/α-hetero) is 1. The molecule has 86 valence electrons. The molecule has 0 heterocycles. The Morgan fingerprint density at radius 3 is 2.50 bits per heavy atom. The predicted octanol–water partition coefficient (Wildman–Crippen LogP) is 1.70. The third-order valence-corrected chi connectivity index (χ3v) is 2.00. The van der Waals surface area contributed by atoms with Crippen molar-refractivity contribution < 1.29 is 18.7 Å². The van der Waals surface area contributed by atoms with Crippen LogP contribution in [0.3, 0.4) is 0 Å². The van der Waals surface area contributed by atoms with Crippen molar-refractivity contribution in [1.29, 1.82) is 0 Å². The number of alkyl halides is 1.